The highest BCUT2D eigenvalue weighted by Gasteiger charge is 2.22. The molecule has 2 atom stereocenters. The SMILES string of the molecule is CC1NCCCC1NC(=O)c1ccccn1.Cl.Cl. The van der Waals surface area contributed by atoms with Crippen molar-refractivity contribution in [1.29, 1.82) is 0 Å². The van der Waals surface area contributed by atoms with Gasteiger partial charge in [0.05, 0.1) is 0 Å². The molecule has 4 nitrogen and oxygen atoms in total. The van der Waals surface area contributed by atoms with E-state index < -0.39 is 0 Å². The van der Waals surface area contributed by atoms with Gasteiger partial charge in [0.15, 0.2) is 0 Å². The van der Waals surface area contributed by atoms with E-state index in [1.54, 1.807) is 12.3 Å². The van der Waals surface area contributed by atoms with Crippen LogP contribution >= 0.6 is 24.8 Å². The molecule has 1 aliphatic rings. The summed E-state index contributed by atoms with van der Waals surface area (Å²) < 4.78 is 0. The van der Waals surface area contributed by atoms with E-state index in [-0.39, 0.29) is 36.8 Å². The van der Waals surface area contributed by atoms with Gasteiger partial charge in [-0.3, -0.25) is 9.78 Å². The van der Waals surface area contributed by atoms with Crippen LogP contribution in [0.25, 0.3) is 0 Å². The van der Waals surface area contributed by atoms with E-state index in [9.17, 15) is 4.79 Å². The van der Waals surface area contributed by atoms with Crippen LogP contribution < -0.4 is 10.6 Å². The molecule has 18 heavy (non-hydrogen) atoms. The Balaban J connectivity index is 0.00000144. The summed E-state index contributed by atoms with van der Waals surface area (Å²) in [5.74, 6) is -0.0823. The van der Waals surface area contributed by atoms with Gasteiger partial charge in [-0.2, -0.15) is 0 Å². The third-order valence-electron chi connectivity index (χ3n) is 2.98. The van der Waals surface area contributed by atoms with Gasteiger partial charge in [-0.1, -0.05) is 6.07 Å². The molecule has 102 valence electrons. The molecule has 1 aromatic rings. The van der Waals surface area contributed by atoms with Crippen LogP contribution in [-0.2, 0) is 0 Å². The Morgan fingerprint density at radius 3 is 2.83 bits per heavy atom. The number of carbonyl (C=O) groups is 1. The van der Waals surface area contributed by atoms with E-state index in [1.165, 1.54) is 0 Å². The predicted octanol–water partition coefficient (Wildman–Crippen LogP) is 1.80. The van der Waals surface area contributed by atoms with Crippen LogP contribution in [0.3, 0.4) is 0 Å². The van der Waals surface area contributed by atoms with Crippen LogP contribution in [-0.4, -0.2) is 29.5 Å². The van der Waals surface area contributed by atoms with Crippen LogP contribution in [0.1, 0.15) is 30.3 Å². The Labute approximate surface area is 120 Å². The highest BCUT2D eigenvalue weighted by Crippen LogP contribution is 2.08. The largest absolute Gasteiger partial charge is 0.346 e. The van der Waals surface area contributed by atoms with E-state index in [2.05, 4.69) is 22.5 Å². The standard InChI is InChI=1S/C12H17N3O.2ClH/c1-9-10(6-4-8-13-9)15-12(16)11-5-2-3-7-14-11;;/h2-3,5,7,9-10,13H,4,6,8H2,1H3,(H,15,16);2*1H. The monoisotopic (exact) mass is 291 g/mol. The van der Waals surface area contributed by atoms with E-state index in [0.29, 0.717) is 11.7 Å². The van der Waals surface area contributed by atoms with Gasteiger partial charge < -0.3 is 10.6 Å². The third kappa shape index (κ3) is 4.44. The molecule has 0 aromatic carbocycles. The number of nitrogens with zero attached hydrogens (tertiary/aromatic N) is 1. The molecule has 6 heteroatoms. The number of carbonyl (C=O) groups excluding carboxylic acids is 1. The molecule has 1 amide bonds. The maximum absolute atomic E-state index is 11.9. The quantitative estimate of drug-likeness (QED) is 0.874. The van der Waals surface area contributed by atoms with Gasteiger partial charge in [0.1, 0.15) is 5.69 Å². The average Bonchev–Trinajstić information content (AvgIpc) is 2.33. The molecule has 0 aliphatic carbocycles. The number of rotatable bonds is 2. The van der Waals surface area contributed by atoms with Crippen molar-refractivity contribution in [2.45, 2.75) is 31.8 Å². The van der Waals surface area contributed by atoms with Crippen LogP contribution in [0.2, 0.25) is 0 Å². The summed E-state index contributed by atoms with van der Waals surface area (Å²) >= 11 is 0. The molecular formula is C12H19Cl2N3O. The zero-order valence-electron chi connectivity index (χ0n) is 10.3. The molecule has 2 rings (SSSR count). The van der Waals surface area contributed by atoms with Gasteiger partial charge in [0.2, 0.25) is 0 Å². The lowest BCUT2D eigenvalue weighted by Crippen LogP contribution is -2.52. The third-order valence-corrected chi connectivity index (χ3v) is 2.98. The fourth-order valence-electron chi connectivity index (χ4n) is 1.98. The fraction of sp³-hybridized carbons (Fsp3) is 0.500. The molecule has 1 aromatic heterocycles. The molecule has 1 fully saturated rings. The maximum atomic E-state index is 11.9. The molecule has 0 radical (unpaired) electrons. The summed E-state index contributed by atoms with van der Waals surface area (Å²) in [6.07, 6.45) is 3.78. The summed E-state index contributed by atoms with van der Waals surface area (Å²) in [5, 5.41) is 6.37. The van der Waals surface area contributed by atoms with Gasteiger partial charge in [-0.05, 0) is 38.4 Å². The van der Waals surface area contributed by atoms with Gasteiger partial charge >= 0.3 is 0 Å². The van der Waals surface area contributed by atoms with Gasteiger partial charge in [-0.25, -0.2) is 0 Å². The highest BCUT2D eigenvalue weighted by atomic mass is 35.5. The lowest BCUT2D eigenvalue weighted by Gasteiger charge is -2.30. The maximum Gasteiger partial charge on any atom is 0.270 e. The molecule has 1 saturated heterocycles. The summed E-state index contributed by atoms with van der Waals surface area (Å²) in [5.41, 5.74) is 0.486. The lowest BCUT2D eigenvalue weighted by atomic mass is 10.00. The first kappa shape index (κ1) is 17.2. The smallest absolute Gasteiger partial charge is 0.270 e. The Bertz CT molecular complexity index is 362. The summed E-state index contributed by atoms with van der Waals surface area (Å²) in [6.45, 7) is 3.14. The Morgan fingerprint density at radius 1 is 1.44 bits per heavy atom. The molecule has 0 bridgehead atoms. The summed E-state index contributed by atoms with van der Waals surface area (Å²) in [7, 11) is 0. The molecular weight excluding hydrogens is 273 g/mol. The lowest BCUT2D eigenvalue weighted by molar-refractivity contribution is 0.0915. The van der Waals surface area contributed by atoms with Crippen molar-refractivity contribution in [1.82, 2.24) is 15.6 Å². The van der Waals surface area contributed by atoms with Crippen LogP contribution in [0, 0.1) is 0 Å². The van der Waals surface area contributed by atoms with E-state index in [1.807, 2.05) is 12.1 Å². The number of nitrogens with one attached hydrogen (secondary N) is 2. The molecule has 2 heterocycles. The predicted molar refractivity (Wildman–Crippen MR) is 76.7 cm³/mol. The molecule has 1 aliphatic heterocycles. The minimum atomic E-state index is -0.0823. The number of halogens is 2. The van der Waals surface area contributed by atoms with Crippen LogP contribution in [0.4, 0.5) is 0 Å². The van der Waals surface area contributed by atoms with Gasteiger partial charge in [-0.15, -0.1) is 24.8 Å². The van der Waals surface area contributed by atoms with Crippen molar-refractivity contribution >= 4 is 30.7 Å². The Hall–Kier alpha value is -0.840. The number of piperidine rings is 1. The van der Waals surface area contributed by atoms with Gasteiger partial charge in [0.25, 0.3) is 5.91 Å². The average molecular weight is 292 g/mol. The van der Waals surface area contributed by atoms with Crippen molar-refractivity contribution in [3.8, 4) is 0 Å². The second-order valence-electron chi connectivity index (χ2n) is 4.18. The topological polar surface area (TPSA) is 54.0 Å². The fourth-order valence-corrected chi connectivity index (χ4v) is 1.98. The van der Waals surface area contributed by atoms with Crippen molar-refractivity contribution in [3.63, 3.8) is 0 Å². The number of pyridine rings is 1. The van der Waals surface area contributed by atoms with Crippen molar-refractivity contribution in [3.05, 3.63) is 30.1 Å². The van der Waals surface area contributed by atoms with E-state index in [0.717, 1.165) is 19.4 Å². The zero-order chi connectivity index (χ0) is 11.4. The highest BCUT2D eigenvalue weighted by molar-refractivity contribution is 5.92. The van der Waals surface area contributed by atoms with Crippen molar-refractivity contribution < 1.29 is 4.79 Å². The molecule has 0 saturated carbocycles. The first-order chi connectivity index (χ1) is 7.77. The van der Waals surface area contributed by atoms with E-state index in [4.69, 9.17) is 0 Å². The van der Waals surface area contributed by atoms with Crippen molar-refractivity contribution in [2.75, 3.05) is 6.54 Å². The molecule has 2 N–H and O–H groups in total. The van der Waals surface area contributed by atoms with Crippen LogP contribution in [0.15, 0.2) is 24.4 Å². The second kappa shape index (κ2) is 8.29. The minimum absolute atomic E-state index is 0. The number of hydrogen-bond acceptors (Lipinski definition) is 3. The second-order valence-corrected chi connectivity index (χ2v) is 4.18. The number of amides is 1. The normalized spacial score (nSPS) is 22.3. The van der Waals surface area contributed by atoms with Crippen molar-refractivity contribution in [2.24, 2.45) is 0 Å². The Kier molecular flexibility index (Phi) is 7.91. The molecule has 2 unspecified atom stereocenters. The first-order valence-corrected chi connectivity index (χ1v) is 5.72. The minimum Gasteiger partial charge on any atom is -0.346 e. The molecule has 0 spiro atoms. The number of aromatic nitrogens is 1. The summed E-state index contributed by atoms with van der Waals surface area (Å²) in [6, 6.07) is 5.91. The van der Waals surface area contributed by atoms with Crippen LogP contribution in [0.5, 0.6) is 0 Å². The number of hydrogen-bond donors (Lipinski definition) is 2. The summed E-state index contributed by atoms with van der Waals surface area (Å²) in [4.78, 5) is 15.9. The van der Waals surface area contributed by atoms with E-state index >= 15 is 0 Å². The Morgan fingerprint density at radius 2 is 2.22 bits per heavy atom. The zero-order valence-corrected chi connectivity index (χ0v) is 11.9. The first-order valence-electron chi connectivity index (χ1n) is 5.72. The van der Waals surface area contributed by atoms with Gasteiger partial charge in [0, 0.05) is 18.3 Å².